The second-order valence-corrected chi connectivity index (χ2v) is 14.8. The average molecular weight is 672 g/mol. The summed E-state index contributed by atoms with van der Waals surface area (Å²) in [5.74, 6) is 0.263. The van der Waals surface area contributed by atoms with E-state index in [1.807, 2.05) is 25.7 Å². The lowest BCUT2D eigenvalue weighted by Gasteiger charge is -2.36. The number of rotatable bonds is 8. The monoisotopic (exact) mass is 671 g/mol. The highest BCUT2D eigenvalue weighted by atomic mass is 32.2. The first kappa shape index (κ1) is 34.4. The number of carbonyl (C=O) groups is 2. The molecule has 0 radical (unpaired) electrons. The van der Waals surface area contributed by atoms with Crippen LogP contribution in [0.15, 0.2) is 82.6 Å². The number of nitrogens with two attached hydrogens (primary N) is 1. The van der Waals surface area contributed by atoms with Gasteiger partial charge in [-0.1, -0.05) is 24.3 Å². The zero-order valence-corrected chi connectivity index (χ0v) is 27.2. The Morgan fingerprint density at radius 1 is 0.826 bits per heavy atom. The molecule has 0 saturated carbocycles. The van der Waals surface area contributed by atoms with Crippen molar-refractivity contribution in [1.29, 1.82) is 5.41 Å². The molecule has 0 spiro atoms. The molecule has 3 aromatic rings. The van der Waals surface area contributed by atoms with Crippen LogP contribution in [0.4, 0.5) is 21.0 Å². The van der Waals surface area contributed by atoms with Gasteiger partial charge in [0.05, 0.1) is 9.79 Å². The Labute approximate surface area is 268 Å². The Hall–Kier alpha value is -4.51. The second kappa shape index (κ2) is 13.9. The first-order chi connectivity index (χ1) is 21.5. The number of amidine groups is 1. The SMILES string of the molecule is CC(C)(C)OC(=O)N1CCN(C(=N)c2cccc(NC(=O)Nc3ccc(S(=O)(=O)NCc4ccc(S(N)(=O)=O)cc4)cc3)c2)CC1. The molecule has 6 N–H and O–H groups in total. The summed E-state index contributed by atoms with van der Waals surface area (Å²) < 4.78 is 56.1. The van der Waals surface area contributed by atoms with E-state index >= 15 is 0 Å². The molecule has 1 saturated heterocycles. The zero-order chi connectivity index (χ0) is 33.7. The number of anilines is 2. The molecule has 1 heterocycles. The number of piperazine rings is 1. The van der Waals surface area contributed by atoms with Crippen molar-refractivity contribution in [2.45, 2.75) is 42.7 Å². The summed E-state index contributed by atoms with van der Waals surface area (Å²) in [5, 5.41) is 19.1. The summed E-state index contributed by atoms with van der Waals surface area (Å²) in [5.41, 5.74) is 1.34. The van der Waals surface area contributed by atoms with E-state index in [-0.39, 0.29) is 28.3 Å². The summed E-state index contributed by atoms with van der Waals surface area (Å²) in [6, 6.07) is 17.3. The minimum Gasteiger partial charge on any atom is -0.444 e. The maximum Gasteiger partial charge on any atom is 0.410 e. The van der Waals surface area contributed by atoms with Crippen LogP contribution in [-0.2, 0) is 31.3 Å². The number of nitrogens with one attached hydrogen (secondary N) is 4. The third kappa shape index (κ3) is 9.50. The van der Waals surface area contributed by atoms with Crippen LogP contribution in [0.25, 0.3) is 0 Å². The first-order valence-electron chi connectivity index (χ1n) is 14.2. The highest BCUT2D eigenvalue weighted by Crippen LogP contribution is 2.18. The Kier molecular flexibility index (Phi) is 10.4. The summed E-state index contributed by atoms with van der Waals surface area (Å²) in [7, 11) is -7.75. The molecule has 1 fully saturated rings. The van der Waals surface area contributed by atoms with Gasteiger partial charge in [-0.2, -0.15) is 0 Å². The number of ether oxygens (including phenoxy) is 1. The molecule has 46 heavy (non-hydrogen) atoms. The Morgan fingerprint density at radius 2 is 1.39 bits per heavy atom. The van der Waals surface area contributed by atoms with Crippen LogP contribution in [0.3, 0.4) is 0 Å². The third-order valence-corrected chi connectivity index (χ3v) is 9.13. The number of amides is 3. The molecular formula is C30H37N7O7S2. The molecule has 1 aliphatic heterocycles. The molecule has 0 atom stereocenters. The number of hydrogen-bond acceptors (Lipinski definition) is 8. The van der Waals surface area contributed by atoms with Crippen molar-refractivity contribution in [3.05, 3.63) is 83.9 Å². The molecule has 16 heteroatoms. The van der Waals surface area contributed by atoms with Gasteiger partial charge < -0.3 is 25.2 Å². The van der Waals surface area contributed by atoms with E-state index in [4.69, 9.17) is 15.3 Å². The van der Waals surface area contributed by atoms with Crippen molar-refractivity contribution < 1.29 is 31.2 Å². The van der Waals surface area contributed by atoms with Crippen LogP contribution in [0.5, 0.6) is 0 Å². The fourth-order valence-electron chi connectivity index (χ4n) is 4.44. The quantitative estimate of drug-likeness (QED) is 0.177. The van der Waals surface area contributed by atoms with Crippen LogP contribution < -0.4 is 20.5 Å². The second-order valence-electron chi connectivity index (χ2n) is 11.5. The maximum absolute atomic E-state index is 12.7. The number of primary sulfonamides is 1. The molecule has 3 amide bonds. The summed E-state index contributed by atoms with van der Waals surface area (Å²) >= 11 is 0. The van der Waals surface area contributed by atoms with Gasteiger partial charge in [-0.25, -0.2) is 36.3 Å². The maximum atomic E-state index is 12.7. The highest BCUT2D eigenvalue weighted by molar-refractivity contribution is 7.89. The fraction of sp³-hybridized carbons (Fsp3) is 0.300. The van der Waals surface area contributed by atoms with Crippen molar-refractivity contribution in [3.63, 3.8) is 0 Å². The predicted octanol–water partition coefficient (Wildman–Crippen LogP) is 3.33. The first-order valence-corrected chi connectivity index (χ1v) is 17.2. The van der Waals surface area contributed by atoms with E-state index in [2.05, 4.69) is 15.4 Å². The van der Waals surface area contributed by atoms with Crippen LogP contribution >= 0.6 is 0 Å². The molecule has 246 valence electrons. The molecule has 0 bridgehead atoms. The van der Waals surface area contributed by atoms with Crippen LogP contribution in [0.1, 0.15) is 31.9 Å². The minimum atomic E-state index is -3.90. The number of carbonyl (C=O) groups excluding carboxylic acids is 2. The van der Waals surface area contributed by atoms with Crippen molar-refractivity contribution in [2.75, 3.05) is 36.8 Å². The molecule has 0 aliphatic carbocycles. The van der Waals surface area contributed by atoms with E-state index in [1.54, 1.807) is 29.2 Å². The lowest BCUT2D eigenvalue weighted by Crippen LogP contribution is -2.51. The van der Waals surface area contributed by atoms with E-state index in [9.17, 15) is 26.4 Å². The van der Waals surface area contributed by atoms with Crippen molar-refractivity contribution in [2.24, 2.45) is 5.14 Å². The van der Waals surface area contributed by atoms with Crippen LogP contribution in [-0.4, -0.2) is 76.4 Å². The lowest BCUT2D eigenvalue weighted by molar-refractivity contribution is 0.0187. The molecule has 14 nitrogen and oxygen atoms in total. The average Bonchev–Trinajstić information content (AvgIpc) is 2.99. The normalized spacial score (nSPS) is 14.0. The number of nitrogens with zero attached hydrogens (tertiary/aromatic N) is 2. The summed E-state index contributed by atoms with van der Waals surface area (Å²) in [6.07, 6.45) is -0.378. The standard InChI is InChI=1S/C30H37N7O7S2/c1-30(2,3)44-29(39)37-17-15-36(16-18-37)27(31)22-5-4-6-24(19-22)35-28(38)34-23-9-13-26(14-10-23)46(42,43)33-20-21-7-11-25(12-8-21)45(32,40)41/h4-14,19,31,33H,15-18,20H2,1-3H3,(H2,32,40,41)(H2,34,35,38). The summed E-state index contributed by atoms with van der Waals surface area (Å²) in [4.78, 5) is 28.4. The van der Waals surface area contributed by atoms with Crippen molar-refractivity contribution in [3.8, 4) is 0 Å². The van der Waals surface area contributed by atoms with E-state index in [0.717, 1.165) is 0 Å². The number of sulfonamides is 2. The molecule has 1 aliphatic rings. The van der Waals surface area contributed by atoms with Gasteiger partial charge in [0.2, 0.25) is 20.0 Å². The van der Waals surface area contributed by atoms with Crippen LogP contribution in [0.2, 0.25) is 0 Å². The topological polar surface area (TPSA) is 204 Å². The summed E-state index contributed by atoms with van der Waals surface area (Å²) in [6.45, 7) is 7.14. The Morgan fingerprint density at radius 3 is 1.98 bits per heavy atom. The highest BCUT2D eigenvalue weighted by Gasteiger charge is 2.27. The van der Waals surface area contributed by atoms with E-state index in [0.29, 0.717) is 48.7 Å². The number of urea groups is 1. The lowest BCUT2D eigenvalue weighted by atomic mass is 10.1. The number of benzene rings is 3. The van der Waals surface area contributed by atoms with Gasteiger partial charge in [-0.05, 0) is 74.9 Å². The Bertz CT molecular complexity index is 1800. The smallest absolute Gasteiger partial charge is 0.410 e. The van der Waals surface area contributed by atoms with E-state index < -0.39 is 31.7 Å². The van der Waals surface area contributed by atoms with Gasteiger partial charge >= 0.3 is 12.1 Å². The van der Waals surface area contributed by atoms with Crippen molar-refractivity contribution >= 4 is 49.4 Å². The van der Waals surface area contributed by atoms with Gasteiger partial charge in [0.15, 0.2) is 0 Å². The molecule has 0 unspecified atom stereocenters. The fourth-order valence-corrected chi connectivity index (χ4v) is 5.97. The third-order valence-electron chi connectivity index (χ3n) is 6.78. The molecule has 3 aromatic carbocycles. The minimum absolute atomic E-state index is 0.0299. The predicted molar refractivity (Wildman–Crippen MR) is 174 cm³/mol. The van der Waals surface area contributed by atoms with Gasteiger partial charge in [-0.15, -0.1) is 0 Å². The van der Waals surface area contributed by atoms with Gasteiger partial charge in [0, 0.05) is 49.7 Å². The van der Waals surface area contributed by atoms with Crippen molar-refractivity contribution in [1.82, 2.24) is 14.5 Å². The van der Waals surface area contributed by atoms with Crippen LogP contribution in [0, 0.1) is 5.41 Å². The largest absolute Gasteiger partial charge is 0.444 e. The molecule has 0 aromatic heterocycles. The molecule has 4 rings (SSSR count). The van der Waals surface area contributed by atoms with Gasteiger partial charge in [-0.3, -0.25) is 5.41 Å². The zero-order valence-electron chi connectivity index (χ0n) is 25.6. The number of hydrogen-bond donors (Lipinski definition) is 5. The molecular weight excluding hydrogens is 635 g/mol. The van der Waals surface area contributed by atoms with Gasteiger partial charge in [0.25, 0.3) is 0 Å². The Balaban J connectivity index is 1.28. The van der Waals surface area contributed by atoms with E-state index in [1.165, 1.54) is 48.5 Å². The van der Waals surface area contributed by atoms with Gasteiger partial charge in [0.1, 0.15) is 11.4 Å².